The fourth-order valence-electron chi connectivity index (χ4n) is 2.45. The molecule has 0 aromatic heterocycles. The van der Waals surface area contributed by atoms with Crippen LogP contribution in [0.4, 0.5) is 14.5 Å². The lowest BCUT2D eigenvalue weighted by atomic mass is 10.0. The van der Waals surface area contributed by atoms with E-state index in [1.807, 2.05) is 47.8 Å². The lowest BCUT2D eigenvalue weighted by Gasteiger charge is -2.05. The Kier molecular flexibility index (Phi) is 6.16. The first-order valence-electron chi connectivity index (χ1n) is 7.94. The predicted molar refractivity (Wildman–Crippen MR) is 111 cm³/mol. The van der Waals surface area contributed by atoms with Gasteiger partial charge in [0.25, 0.3) is 0 Å². The molecular formula is C22H13F2NS2. The number of thioether (sulfide) groups is 1. The molecule has 5 heteroatoms. The Morgan fingerprint density at radius 3 is 1.81 bits per heavy atom. The number of benzene rings is 3. The zero-order valence-corrected chi connectivity index (χ0v) is 15.9. The van der Waals surface area contributed by atoms with Gasteiger partial charge in [0, 0.05) is 16.0 Å². The van der Waals surface area contributed by atoms with E-state index in [2.05, 4.69) is 29.1 Å². The molecule has 0 amide bonds. The second-order valence-corrected chi connectivity index (χ2v) is 6.61. The van der Waals surface area contributed by atoms with E-state index >= 15 is 0 Å². The summed E-state index contributed by atoms with van der Waals surface area (Å²) in [5, 5.41) is 1.98. The van der Waals surface area contributed by atoms with Gasteiger partial charge in [-0.25, -0.2) is 8.78 Å². The van der Waals surface area contributed by atoms with Crippen LogP contribution in [0.15, 0.2) is 70.6 Å². The van der Waals surface area contributed by atoms with E-state index in [4.69, 9.17) is 0 Å². The molecule has 0 bridgehead atoms. The lowest BCUT2D eigenvalue weighted by molar-refractivity contribution is 0.588. The van der Waals surface area contributed by atoms with E-state index in [-0.39, 0.29) is 0 Å². The topological polar surface area (TPSA) is 12.4 Å². The third-order valence-corrected chi connectivity index (χ3v) is 4.67. The summed E-state index contributed by atoms with van der Waals surface area (Å²) >= 11 is 6.08. The van der Waals surface area contributed by atoms with Crippen LogP contribution in [0.3, 0.4) is 0 Å². The highest BCUT2D eigenvalue weighted by Gasteiger charge is 2.11. The number of nitrogens with zero attached hydrogens (tertiary/aromatic N) is 1. The van der Waals surface area contributed by atoms with Crippen LogP contribution in [0.25, 0.3) is 11.1 Å². The summed E-state index contributed by atoms with van der Waals surface area (Å²) in [7, 11) is 0. The summed E-state index contributed by atoms with van der Waals surface area (Å²) in [6.45, 7) is 0. The van der Waals surface area contributed by atoms with E-state index in [1.54, 1.807) is 23.9 Å². The number of thiocarbonyl (C=S) groups is 1. The van der Waals surface area contributed by atoms with Crippen molar-refractivity contribution < 1.29 is 8.78 Å². The maximum Gasteiger partial charge on any atom is 0.153 e. The largest absolute Gasteiger partial charge is 0.204 e. The van der Waals surface area contributed by atoms with Crippen molar-refractivity contribution >= 4 is 34.8 Å². The Morgan fingerprint density at radius 1 is 0.815 bits per heavy atom. The molecule has 27 heavy (non-hydrogen) atoms. The minimum Gasteiger partial charge on any atom is -0.204 e. The van der Waals surface area contributed by atoms with Gasteiger partial charge in [-0.2, -0.15) is 4.99 Å². The molecule has 3 rings (SSSR count). The maximum absolute atomic E-state index is 14.0. The Morgan fingerprint density at radius 2 is 1.33 bits per heavy atom. The molecular weight excluding hydrogens is 380 g/mol. The second kappa shape index (κ2) is 8.75. The number of aliphatic imine (C=N–C) groups is 1. The average Bonchev–Trinajstić information content (AvgIpc) is 2.70. The van der Waals surface area contributed by atoms with Gasteiger partial charge in [0.2, 0.25) is 0 Å². The zero-order chi connectivity index (χ0) is 19.2. The first-order valence-corrected chi connectivity index (χ1v) is 9.57. The predicted octanol–water partition coefficient (Wildman–Crippen LogP) is 6.49. The number of hydrogen-bond acceptors (Lipinski definition) is 3. The van der Waals surface area contributed by atoms with Crippen LogP contribution in [0.1, 0.15) is 11.1 Å². The monoisotopic (exact) mass is 393 g/mol. The van der Waals surface area contributed by atoms with Crippen molar-refractivity contribution in [2.45, 2.75) is 4.90 Å². The first-order chi connectivity index (χ1) is 13.1. The van der Waals surface area contributed by atoms with Crippen LogP contribution < -0.4 is 0 Å². The number of hydrogen-bond donors (Lipinski definition) is 0. The fourth-order valence-corrected chi connectivity index (χ4v) is 2.95. The Hall–Kier alpha value is -2.77. The van der Waals surface area contributed by atoms with Gasteiger partial charge in [-0.15, -0.1) is 11.8 Å². The molecule has 0 unspecified atom stereocenters. The first kappa shape index (κ1) is 19.0. The van der Waals surface area contributed by atoms with E-state index in [9.17, 15) is 8.78 Å². The van der Waals surface area contributed by atoms with Crippen molar-refractivity contribution in [2.24, 2.45) is 4.99 Å². The second-order valence-electron chi connectivity index (χ2n) is 5.55. The Labute approximate surface area is 166 Å². The molecule has 0 saturated heterocycles. The zero-order valence-electron chi connectivity index (χ0n) is 14.3. The van der Waals surface area contributed by atoms with Crippen molar-refractivity contribution in [3.8, 4) is 23.0 Å². The average molecular weight is 393 g/mol. The molecule has 3 aromatic rings. The van der Waals surface area contributed by atoms with Gasteiger partial charge < -0.3 is 0 Å². The third-order valence-electron chi connectivity index (χ3n) is 3.83. The highest BCUT2D eigenvalue weighted by atomic mass is 32.2. The van der Waals surface area contributed by atoms with Crippen LogP contribution in [0, 0.1) is 23.5 Å². The van der Waals surface area contributed by atoms with Gasteiger partial charge in [0.05, 0.1) is 5.16 Å². The molecule has 0 aliphatic heterocycles. The van der Waals surface area contributed by atoms with Crippen LogP contribution >= 0.6 is 24.0 Å². The van der Waals surface area contributed by atoms with Crippen LogP contribution in [-0.4, -0.2) is 11.4 Å². The summed E-state index contributed by atoms with van der Waals surface area (Å²) in [5.41, 5.74) is 2.41. The van der Waals surface area contributed by atoms with Crippen molar-refractivity contribution in [2.75, 3.05) is 6.26 Å². The van der Waals surface area contributed by atoms with Crippen molar-refractivity contribution in [3.63, 3.8) is 0 Å². The van der Waals surface area contributed by atoms with Gasteiger partial charge in [-0.1, -0.05) is 24.0 Å². The molecule has 0 N–H and O–H groups in total. The number of isothiocyanates is 1. The number of halogens is 2. The molecule has 3 aromatic carbocycles. The van der Waals surface area contributed by atoms with E-state index in [0.717, 1.165) is 11.1 Å². The Bertz CT molecular complexity index is 1050. The molecule has 132 valence electrons. The fraction of sp³-hybridized carbons (Fsp3) is 0.0455. The minimum absolute atomic E-state index is 0.417. The van der Waals surface area contributed by atoms with Gasteiger partial charge in [0.15, 0.2) is 11.6 Å². The highest BCUT2D eigenvalue weighted by Crippen LogP contribution is 2.29. The van der Waals surface area contributed by atoms with E-state index < -0.39 is 17.3 Å². The van der Waals surface area contributed by atoms with Crippen LogP contribution in [0.2, 0.25) is 0 Å². The molecule has 0 aliphatic carbocycles. The molecule has 0 atom stereocenters. The summed E-state index contributed by atoms with van der Waals surface area (Å²) in [6.07, 6.45) is 2.03. The maximum atomic E-state index is 14.0. The van der Waals surface area contributed by atoms with Crippen molar-refractivity contribution in [1.82, 2.24) is 0 Å². The summed E-state index contributed by atoms with van der Waals surface area (Å²) in [4.78, 5) is 4.60. The van der Waals surface area contributed by atoms with Crippen molar-refractivity contribution in [1.29, 1.82) is 0 Å². The molecule has 0 aliphatic rings. The molecule has 0 spiro atoms. The van der Waals surface area contributed by atoms with Crippen LogP contribution in [0.5, 0.6) is 0 Å². The lowest BCUT2D eigenvalue weighted by Crippen LogP contribution is -1.87. The molecule has 0 saturated carbocycles. The van der Waals surface area contributed by atoms with E-state index in [1.165, 1.54) is 17.0 Å². The summed E-state index contributed by atoms with van der Waals surface area (Å²) in [5.74, 6) is 4.63. The Balaban J connectivity index is 1.83. The quantitative estimate of drug-likeness (QED) is 0.218. The highest BCUT2D eigenvalue weighted by molar-refractivity contribution is 7.98. The number of rotatable bonds is 3. The SMILES string of the molecule is CSc1ccc(C#Cc2ccc(-c3cc(F)c(N=C=S)c(F)c3)cc2)cc1. The van der Waals surface area contributed by atoms with Crippen molar-refractivity contribution in [3.05, 3.63) is 83.4 Å². The normalized spacial score (nSPS) is 9.89. The van der Waals surface area contributed by atoms with Crippen LogP contribution in [-0.2, 0) is 0 Å². The molecule has 1 nitrogen and oxygen atoms in total. The molecule has 0 heterocycles. The standard InChI is InChI=1S/C22H13F2NS2/c1-27-19-10-6-16(7-11-19)3-2-15-4-8-17(9-5-15)18-12-20(23)22(25-14-26)21(24)13-18/h4-13H,1H3. The van der Waals surface area contributed by atoms with Gasteiger partial charge >= 0.3 is 0 Å². The van der Waals surface area contributed by atoms with Gasteiger partial charge in [-0.05, 0) is 78.1 Å². The van der Waals surface area contributed by atoms with Gasteiger partial charge in [0.1, 0.15) is 5.69 Å². The molecule has 0 radical (unpaired) electrons. The van der Waals surface area contributed by atoms with Gasteiger partial charge in [-0.3, -0.25) is 0 Å². The smallest absolute Gasteiger partial charge is 0.153 e. The summed E-state index contributed by atoms with van der Waals surface area (Å²) in [6, 6.07) is 17.6. The molecule has 0 fully saturated rings. The third kappa shape index (κ3) is 4.69. The minimum atomic E-state index is -0.778. The summed E-state index contributed by atoms with van der Waals surface area (Å²) < 4.78 is 28.0. The van der Waals surface area contributed by atoms with E-state index in [0.29, 0.717) is 11.1 Å².